The molecule has 204 valence electrons. The molecule has 9 heteroatoms. The molecule has 1 atom stereocenters. The number of amides is 1. The standard InChI is InChI=1S/C30H32F2N4O3/c1-17-29(18(2)39-34-17)19-7-14-26-25(15-19)33-30(36(26)20-8-11-22(38-3)12-9-20)27-5-4-6-28(37)35(27)21-10-13-23(31)24(32)16-21/h7,10,13-16,20,22,27H,4-6,8-9,11-12H2,1-3H3/t20?,22?,27-/m0/s1. The summed E-state index contributed by atoms with van der Waals surface area (Å²) in [5, 5.41) is 4.11. The molecule has 1 saturated heterocycles. The number of methoxy groups -OCH3 is 1. The Hall–Kier alpha value is -3.59. The summed E-state index contributed by atoms with van der Waals surface area (Å²) in [4.78, 5) is 20.0. The fourth-order valence-corrected chi connectivity index (χ4v) is 6.40. The van der Waals surface area contributed by atoms with Crippen LogP contribution in [0.1, 0.15) is 74.3 Å². The first-order chi connectivity index (χ1) is 18.9. The van der Waals surface area contributed by atoms with E-state index in [1.165, 1.54) is 6.07 Å². The number of carbonyl (C=O) groups excluding carboxylic acids is 1. The Labute approximate surface area is 225 Å². The van der Waals surface area contributed by atoms with Crippen molar-refractivity contribution in [3.8, 4) is 11.1 Å². The molecular weight excluding hydrogens is 502 g/mol. The van der Waals surface area contributed by atoms with Gasteiger partial charge in [-0.2, -0.15) is 0 Å². The van der Waals surface area contributed by atoms with Crippen LogP contribution >= 0.6 is 0 Å². The number of piperidine rings is 1. The van der Waals surface area contributed by atoms with Gasteiger partial charge in [-0.15, -0.1) is 0 Å². The number of rotatable bonds is 5. The Balaban J connectivity index is 1.50. The highest BCUT2D eigenvalue weighted by atomic mass is 19.2. The molecule has 0 radical (unpaired) electrons. The number of imidazole rings is 1. The van der Waals surface area contributed by atoms with E-state index in [1.54, 1.807) is 12.0 Å². The molecule has 0 N–H and O–H groups in total. The van der Waals surface area contributed by atoms with Crippen LogP contribution in [0.4, 0.5) is 14.5 Å². The SMILES string of the molecule is COC1CCC(n2c([C@@H]3CCCC(=O)N3c3ccc(F)c(F)c3)nc3cc(-c4c(C)noc4C)ccc32)CC1. The summed E-state index contributed by atoms with van der Waals surface area (Å²) in [5.74, 6) is -0.504. The summed E-state index contributed by atoms with van der Waals surface area (Å²) in [6.07, 6.45) is 5.70. The van der Waals surface area contributed by atoms with E-state index in [-0.39, 0.29) is 18.1 Å². The van der Waals surface area contributed by atoms with Gasteiger partial charge in [-0.1, -0.05) is 11.2 Å². The molecule has 1 aliphatic heterocycles. The Kier molecular flexibility index (Phi) is 6.71. The highest BCUT2D eigenvalue weighted by Crippen LogP contribution is 2.42. The number of anilines is 1. The first-order valence-electron chi connectivity index (χ1n) is 13.6. The lowest BCUT2D eigenvalue weighted by molar-refractivity contribution is -0.120. The highest BCUT2D eigenvalue weighted by molar-refractivity contribution is 5.95. The van der Waals surface area contributed by atoms with E-state index in [0.717, 1.165) is 77.3 Å². The molecule has 2 aromatic carbocycles. The van der Waals surface area contributed by atoms with Gasteiger partial charge in [0.1, 0.15) is 11.6 Å². The summed E-state index contributed by atoms with van der Waals surface area (Å²) in [6, 6.07) is 9.65. The number of nitrogens with zero attached hydrogens (tertiary/aromatic N) is 4. The Morgan fingerprint density at radius 1 is 1.00 bits per heavy atom. The number of fused-ring (bicyclic) bond motifs is 1. The van der Waals surface area contributed by atoms with E-state index >= 15 is 0 Å². The van der Waals surface area contributed by atoms with Crippen LogP contribution in [0.3, 0.4) is 0 Å². The van der Waals surface area contributed by atoms with Gasteiger partial charge < -0.3 is 18.7 Å². The van der Waals surface area contributed by atoms with Crippen molar-refractivity contribution in [3.05, 3.63) is 65.3 Å². The van der Waals surface area contributed by atoms with Gasteiger partial charge in [0.15, 0.2) is 11.6 Å². The summed E-state index contributed by atoms with van der Waals surface area (Å²) in [6.45, 7) is 3.81. The van der Waals surface area contributed by atoms with Crippen LogP contribution < -0.4 is 4.90 Å². The molecule has 6 rings (SSSR count). The number of carbonyl (C=O) groups is 1. The largest absolute Gasteiger partial charge is 0.381 e. The van der Waals surface area contributed by atoms with Crippen molar-refractivity contribution >= 4 is 22.6 Å². The zero-order valence-electron chi connectivity index (χ0n) is 22.4. The van der Waals surface area contributed by atoms with Crippen LogP contribution in [0.2, 0.25) is 0 Å². The second-order valence-corrected chi connectivity index (χ2v) is 10.7. The minimum Gasteiger partial charge on any atom is -0.381 e. The van der Waals surface area contributed by atoms with Crippen molar-refractivity contribution in [2.24, 2.45) is 0 Å². The third kappa shape index (κ3) is 4.52. The maximum absolute atomic E-state index is 14.3. The van der Waals surface area contributed by atoms with Crippen molar-refractivity contribution in [2.45, 2.75) is 77.0 Å². The summed E-state index contributed by atoms with van der Waals surface area (Å²) >= 11 is 0. The highest BCUT2D eigenvalue weighted by Gasteiger charge is 2.36. The second-order valence-electron chi connectivity index (χ2n) is 10.7. The molecule has 7 nitrogen and oxygen atoms in total. The zero-order valence-corrected chi connectivity index (χ0v) is 22.4. The van der Waals surface area contributed by atoms with E-state index in [4.69, 9.17) is 14.2 Å². The van der Waals surface area contributed by atoms with Gasteiger partial charge in [0, 0.05) is 36.9 Å². The summed E-state index contributed by atoms with van der Waals surface area (Å²) in [5.41, 5.74) is 4.89. The topological polar surface area (TPSA) is 73.4 Å². The molecule has 2 fully saturated rings. The number of hydrogen-bond donors (Lipinski definition) is 0. The smallest absolute Gasteiger partial charge is 0.227 e. The van der Waals surface area contributed by atoms with Crippen molar-refractivity contribution in [1.29, 1.82) is 0 Å². The number of halogens is 2. The average molecular weight is 535 g/mol. The molecule has 39 heavy (non-hydrogen) atoms. The van der Waals surface area contributed by atoms with Crippen LogP contribution in [-0.2, 0) is 9.53 Å². The van der Waals surface area contributed by atoms with Gasteiger partial charge in [-0.3, -0.25) is 4.79 Å². The molecule has 3 heterocycles. The van der Waals surface area contributed by atoms with E-state index in [0.29, 0.717) is 24.9 Å². The predicted octanol–water partition coefficient (Wildman–Crippen LogP) is 6.97. The van der Waals surface area contributed by atoms with Gasteiger partial charge in [0.25, 0.3) is 0 Å². The molecule has 1 aliphatic carbocycles. The van der Waals surface area contributed by atoms with Gasteiger partial charge in [0.2, 0.25) is 5.91 Å². The number of aryl methyl sites for hydroxylation is 2. The molecule has 1 amide bonds. The summed E-state index contributed by atoms with van der Waals surface area (Å²) in [7, 11) is 1.76. The number of hydrogen-bond acceptors (Lipinski definition) is 5. The Morgan fingerprint density at radius 2 is 1.79 bits per heavy atom. The molecule has 2 aromatic heterocycles. The number of aromatic nitrogens is 3. The third-order valence-electron chi connectivity index (χ3n) is 8.31. The second kappa shape index (κ2) is 10.2. The molecular formula is C30H32F2N4O3. The van der Waals surface area contributed by atoms with Gasteiger partial charge in [0.05, 0.1) is 28.9 Å². The van der Waals surface area contributed by atoms with Crippen molar-refractivity contribution in [1.82, 2.24) is 14.7 Å². The van der Waals surface area contributed by atoms with Crippen LogP contribution in [0, 0.1) is 25.5 Å². The average Bonchev–Trinajstić information content (AvgIpc) is 3.48. The van der Waals surface area contributed by atoms with E-state index in [9.17, 15) is 13.6 Å². The van der Waals surface area contributed by atoms with Crippen LogP contribution in [0.15, 0.2) is 40.9 Å². The molecule has 0 spiro atoms. The van der Waals surface area contributed by atoms with E-state index in [2.05, 4.69) is 27.9 Å². The fraction of sp³-hybridized carbons (Fsp3) is 0.433. The van der Waals surface area contributed by atoms with Gasteiger partial charge >= 0.3 is 0 Å². The maximum atomic E-state index is 14.3. The first kappa shape index (κ1) is 25.7. The van der Waals surface area contributed by atoms with Gasteiger partial charge in [-0.05, 0) is 82.2 Å². The predicted molar refractivity (Wildman–Crippen MR) is 143 cm³/mol. The molecule has 2 aliphatic rings. The van der Waals surface area contributed by atoms with E-state index in [1.807, 2.05) is 13.8 Å². The molecule has 0 unspecified atom stereocenters. The van der Waals surface area contributed by atoms with Crippen molar-refractivity contribution in [2.75, 3.05) is 12.0 Å². The van der Waals surface area contributed by atoms with Crippen LogP contribution in [0.5, 0.6) is 0 Å². The normalized spacial score (nSPS) is 22.1. The van der Waals surface area contributed by atoms with Crippen molar-refractivity contribution in [3.63, 3.8) is 0 Å². The van der Waals surface area contributed by atoms with Crippen LogP contribution in [-0.4, -0.2) is 33.8 Å². The Bertz CT molecular complexity index is 1520. The number of benzene rings is 2. The molecule has 1 saturated carbocycles. The van der Waals surface area contributed by atoms with Crippen molar-refractivity contribution < 1.29 is 22.8 Å². The number of ether oxygens (including phenoxy) is 1. The Morgan fingerprint density at radius 3 is 2.49 bits per heavy atom. The molecule has 4 aromatic rings. The molecule has 0 bridgehead atoms. The van der Waals surface area contributed by atoms with E-state index < -0.39 is 17.7 Å². The maximum Gasteiger partial charge on any atom is 0.227 e. The zero-order chi connectivity index (χ0) is 27.3. The lowest BCUT2D eigenvalue weighted by Crippen LogP contribution is -2.40. The van der Waals surface area contributed by atoms with Crippen LogP contribution in [0.25, 0.3) is 22.2 Å². The minimum absolute atomic E-state index is 0.115. The lowest BCUT2D eigenvalue weighted by Gasteiger charge is -2.37. The first-order valence-corrected chi connectivity index (χ1v) is 13.6. The summed E-state index contributed by atoms with van der Waals surface area (Å²) < 4.78 is 41.4. The third-order valence-corrected chi connectivity index (χ3v) is 8.31. The lowest BCUT2D eigenvalue weighted by atomic mass is 9.91. The fourth-order valence-electron chi connectivity index (χ4n) is 6.40. The van der Waals surface area contributed by atoms with Gasteiger partial charge in [-0.25, -0.2) is 13.8 Å². The minimum atomic E-state index is -0.972. The quantitative estimate of drug-likeness (QED) is 0.276. The monoisotopic (exact) mass is 534 g/mol.